The molecule has 0 radical (unpaired) electrons. The first-order valence-electron chi connectivity index (χ1n) is 11.9. The number of ether oxygens (including phenoxy) is 2. The van der Waals surface area contributed by atoms with Crippen LogP contribution in [0.5, 0.6) is 17.2 Å². The molecule has 0 saturated heterocycles. The molecule has 0 saturated carbocycles. The first kappa shape index (κ1) is 30.2. The number of halogens is 6. The number of hydrogen-bond donors (Lipinski definition) is 0. The summed E-state index contributed by atoms with van der Waals surface area (Å²) in [5, 5.41) is 13.2. The molecule has 2 aromatic carbocycles. The Morgan fingerprint density at radius 3 is 2.26 bits per heavy atom. The molecule has 2 heterocycles. The smallest absolute Gasteiger partial charge is 0.437 e. The van der Waals surface area contributed by atoms with E-state index in [2.05, 4.69) is 10.1 Å². The van der Waals surface area contributed by atoms with Crippen LogP contribution in [0.25, 0.3) is 0 Å². The predicted molar refractivity (Wildman–Crippen MR) is 139 cm³/mol. The molecule has 4 aromatic rings. The number of rotatable bonds is 8. The van der Waals surface area contributed by atoms with Crippen molar-refractivity contribution in [2.75, 3.05) is 7.11 Å². The Kier molecular flexibility index (Phi) is 8.35. The maximum atomic E-state index is 14.4. The highest BCUT2D eigenvalue weighted by Crippen LogP contribution is 2.35. The minimum absolute atomic E-state index is 0.0434. The minimum Gasteiger partial charge on any atom is -0.497 e. The van der Waals surface area contributed by atoms with Gasteiger partial charge in [-0.05, 0) is 42.0 Å². The summed E-state index contributed by atoms with van der Waals surface area (Å²) in [5.74, 6) is -4.69. The number of alkyl halides is 5. The third-order valence-corrected chi connectivity index (χ3v) is 6.03. The number of aromatic nitrogens is 4. The highest BCUT2D eigenvalue weighted by molar-refractivity contribution is 6.30. The van der Waals surface area contributed by atoms with Crippen LogP contribution in [0.3, 0.4) is 0 Å². The van der Waals surface area contributed by atoms with Crippen molar-refractivity contribution >= 4 is 11.6 Å². The molecule has 0 fully saturated rings. The van der Waals surface area contributed by atoms with E-state index in [0.29, 0.717) is 29.1 Å². The van der Waals surface area contributed by atoms with E-state index in [1.165, 1.54) is 13.2 Å². The van der Waals surface area contributed by atoms with Crippen LogP contribution in [-0.4, -0.2) is 26.4 Å². The van der Waals surface area contributed by atoms with Gasteiger partial charge in [0.25, 0.3) is 17.0 Å². The van der Waals surface area contributed by atoms with Crippen molar-refractivity contribution in [3.05, 3.63) is 109 Å². The van der Waals surface area contributed by atoms with Crippen molar-refractivity contribution in [2.45, 2.75) is 32.1 Å². The Labute approximate surface area is 238 Å². The van der Waals surface area contributed by atoms with Gasteiger partial charge in [0, 0.05) is 11.9 Å². The Balaban J connectivity index is 1.80. The largest absolute Gasteiger partial charge is 0.497 e. The Morgan fingerprint density at radius 2 is 1.67 bits per heavy atom. The van der Waals surface area contributed by atoms with Crippen molar-refractivity contribution in [2.24, 2.45) is 0 Å². The highest BCUT2D eigenvalue weighted by atomic mass is 35.5. The Morgan fingerprint density at radius 1 is 0.976 bits per heavy atom. The summed E-state index contributed by atoms with van der Waals surface area (Å²) in [5.41, 5.74) is -4.83. The molecule has 0 atom stereocenters. The molecular formula is C27H19ClF5N5O4. The van der Waals surface area contributed by atoms with Crippen molar-refractivity contribution in [3.8, 4) is 23.3 Å². The Bertz CT molecular complexity index is 1790. The molecule has 42 heavy (non-hydrogen) atoms. The third-order valence-electron chi connectivity index (χ3n) is 5.81. The van der Waals surface area contributed by atoms with Crippen LogP contribution in [0.2, 0.25) is 5.02 Å². The standard InChI is InChI=1S/C27H19ClF5N5O4/c1-26(29,30)21-10-18(36-38(24(21)39)12-15-3-5-19(41-2)6-4-15)13-37-14-35-23(27(31,32)33)22(25(37)40)42-20-8-16(11-34)7-17(28)9-20/h3-10,14H,12-13H2,1-2H3. The number of hydrogen-bond acceptors (Lipinski definition) is 7. The third kappa shape index (κ3) is 6.74. The molecule has 218 valence electrons. The van der Waals surface area contributed by atoms with Gasteiger partial charge >= 0.3 is 6.18 Å². The number of methoxy groups -OCH3 is 1. The zero-order chi connectivity index (χ0) is 30.8. The molecule has 0 bridgehead atoms. The fourth-order valence-corrected chi connectivity index (χ4v) is 4.08. The minimum atomic E-state index is -5.12. The van der Waals surface area contributed by atoms with E-state index < -0.39 is 46.8 Å². The zero-order valence-electron chi connectivity index (χ0n) is 21.7. The van der Waals surface area contributed by atoms with Crippen LogP contribution >= 0.6 is 11.6 Å². The fourth-order valence-electron chi connectivity index (χ4n) is 3.85. The van der Waals surface area contributed by atoms with E-state index in [0.717, 1.165) is 22.9 Å². The van der Waals surface area contributed by atoms with Crippen LogP contribution in [-0.2, 0) is 25.2 Å². The summed E-state index contributed by atoms with van der Waals surface area (Å²) in [7, 11) is 1.45. The van der Waals surface area contributed by atoms with Gasteiger partial charge in [0.2, 0.25) is 5.75 Å². The van der Waals surface area contributed by atoms with E-state index in [9.17, 15) is 31.5 Å². The van der Waals surface area contributed by atoms with Crippen molar-refractivity contribution < 1.29 is 31.4 Å². The molecule has 4 rings (SSSR count). The zero-order valence-corrected chi connectivity index (χ0v) is 22.5. The van der Waals surface area contributed by atoms with Crippen LogP contribution in [0.15, 0.2) is 64.4 Å². The lowest BCUT2D eigenvalue weighted by Gasteiger charge is -2.17. The van der Waals surface area contributed by atoms with Gasteiger partial charge in [-0.2, -0.15) is 23.5 Å². The number of nitrogens with zero attached hydrogens (tertiary/aromatic N) is 5. The number of benzene rings is 2. The SMILES string of the molecule is COc1ccc(Cn2nc(Cn3cnc(C(F)(F)F)c(Oc4cc(Cl)cc(C#N)c4)c3=O)cc(C(C)(F)F)c2=O)cc1. The second kappa shape index (κ2) is 11.6. The summed E-state index contributed by atoms with van der Waals surface area (Å²) in [6.07, 6.45) is -4.56. The van der Waals surface area contributed by atoms with Gasteiger partial charge in [-0.1, -0.05) is 23.7 Å². The molecule has 0 N–H and O–H groups in total. The monoisotopic (exact) mass is 607 g/mol. The van der Waals surface area contributed by atoms with E-state index in [4.69, 9.17) is 26.3 Å². The van der Waals surface area contributed by atoms with Crippen molar-refractivity contribution in [3.63, 3.8) is 0 Å². The lowest BCUT2D eigenvalue weighted by Crippen LogP contribution is -2.33. The van der Waals surface area contributed by atoms with Gasteiger partial charge in [-0.15, -0.1) is 0 Å². The topological polar surface area (TPSA) is 112 Å². The molecule has 9 nitrogen and oxygen atoms in total. The molecular weight excluding hydrogens is 589 g/mol. The lowest BCUT2D eigenvalue weighted by molar-refractivity contribution is -0.142. The van der Waals surface area contributed by atoms with Gasteiger partial charge < -0.3 is 9.47 Å². The van der Waals surface area contributed by atoms with E-state index in [-0.39, 0.29) is 28.6 Å². The fraction of sp³-hybridized carbons (Fsp3) is 0.222. The first-order chi connectivity index (χ1) is 19.7. The van der Waals surface area contributed by atoms with Crippen LogP contribution < -0.4 is 20.6 Å². The van der Waals surface area contributed by atoms with Crippen molar-refractivity contribution in [1.82, 2.24) is 19.3 Å². The second-order valence-corrected chi connectivity index (χ2v) is 9.43. The van der Waals surface area contributed by atoms with Gasteiger partial charge in [0.1, 0.15) is 11.5 Å². The van der Waals surface area contributed by atoms with E-state index >= 15 is 0 Å². The first-order valence-corrected chi connectivity index (χ1v) is 12.2. The van der Waals surface area contributed by atoms with Gasteiger partial charge in [0.15, 0.2) is 5.69 Å². The predicted octanol–water partition coefficient (Wildman–Crippen LogP) is 5.35. The highest BCUT2D eigenvalue weighted by Gasteiger charge is 2.39. The number of nitriles is 1. The molecule has 15 heteroatoms. The second-order valence-electron chi connectivity index (χ2n) is 8.99. The van der Waals surface area contributed by atoms with Gasteiger partial charge in [-0.25, -0.2) is 18.4 Å². The van der Waals surface area contributed by atoms with E-state index in [1.54, 1.807) is 30.3 Å². The summed E-state index contributed by atoms with van der Waals surface area (Å²) >= 11 is 5.90. The van der Waals surface area contributed by atoms with Gasteiger partial charge in [0.05, 0.1) is 49.4 Å². The summed E-state index contributed by atoms with van der Waals surface area (Å²) in [6.45, 7) is -0.376. The van der Waals surface area contributed by atoms with Crippen molar-refractivity contribution in [1.29, 1.82) is 5.26 Å². The normalized spacial score (nSPS) is 11.7. The quantitative estimate of drug-likeness (QED) is 0.248. The van der Waals surface area contributed by atoms with E-state index in [1.807, 2.05) is 0 Å². The van der Waals surface area contributed by atoms with Crippen LogP contribution in [0, 0.1) is 11.3 Å². The average Bonchev–Trinajstić information content (AvgIpc) is 2.91. The van der Waals surface area contributed by atoms with Crippen LogP contribution in [0.4, 0.5) is 22.0 Å². The molecule has 2 aromatic heterocycles. The maximum absolute atomic E-state index is 14.4. The summed E-state index contributed by atoms with van der Waals surface area (Å²) < 4.78 is 81.7. The lowest BCUT2D eigenvalue weighted by atomic mass is 10.1. The molecule has 0 unspecified atom stereocenters. The maximum Gasteiger partial charge on any atom is 0.437 e. The average molecular weight is 608 g/mol. The summed E-state index contributed by atoms with van der Waals surface area (Å²) in [6, 6.07) is 12.3. The van der Waals surface area contributed by atoms with Gasteiger partial charge in [-0.3, -0.25) is 14.2 Å². The molecule has 0 amide bonds. The molecule has 0 aliphatic rings. The molecule has 0 aliphatic carbocycles. The molecule has 0 spiro atoms. The Hall–Kier alpha value is -4.77. The van der Waals surface area contributed by atoms with Crippen LogP contribution in [0.1, 0.15) is 35.0 Å². The summed E-state index contributed by atoms with van der Waals surface area (Å²) in [4.78, 5) is 29.4. The molecule has 0 aliphatic heterocycles.